The molecule has 2 aromatic carbocycles. The Morgan fingerprint density at radius 3 is 2.82 bits per heavy atom. The summed E-state index contributed by atoms with van der Waals surface area (Å²) < 4.78 is 26.9. The van der Waals surface area contributed by atoms with Crippen molar-refractivity contribution in [1.29, 1.82) is 5.26 Å². The van der Waals surface area contributed by atoms with Crippen molar-refractivity contribution < 1.29 is 13.5 Å². The summed E-state index contributed by atoms with van der Waals surface area (Å²) in [6, 6.07) is 14.1. The first kappa shape index (κ1) is 22.3. The Bertz CT molecular complexity index is 1250. The molecule has 2 heterocycles. The summed E-state index contributed by atoms with van der Waals surface area (Å²) in [7, 11) is 0. The van der Waals surface area contributed by atoms with Crippen LogP contribution >= 0.6 is 11.8 Å². The monoisotopic (exact) mass is 461 g/mol. The molecule has 9 heteroatoms. The van der Waals surface area contributed by atoms with Gasteiger partial charge in [0.15, 0.2) is 0 Å². The molecule has 0 amide bonds. The fourth-order valence-corrected chi connectivity index (χ4v) is 3.75. The Hall–Kier alpha value is -3.90. The standard InChI is InChI=1S/C24H20FN5O2S/c25-23-14-18(15-26)2-3-19(23)4-9-24-28-20(17-32-24)16-31-21-5-7-22(8-6-21)33-13-1-11-30-12-10-27-29-30/h2-10,12,14,17H,1,11,13,16H2. The molecule has 0 aliphatic carbocycles. The van der Waals surface area contributed by atoms with E-state index in [2.05, 4.69) is 15.3 Å². The predicted octanol–water partition coefficient (Wildman–Crippen LogP) is 5.21. The fraction of sp³-hybridized carbons (Fsp3) is 0.167. The summed E-state index contributed by atoms with van der Waals surface area (Å²) in [6.07, 6.45) is 9.18. The highest BCUT2D eigenvalue weighted by molar-refractivity contribution is 7.99. The molecule has 4 rings (SSSR count). The molecule has 33 heavy (non-hydrogen) atoms. The predicted molar refractivity (Wildman–Crippen MR) is 123 cm³/mol. The summed E-state index contributed by atoms with van der Waals surface area (Å²) in [6.45, 7) is 1.11. The van der Waals surface area contributed by atoms with E-state index in [1.165, 1.54) is 23.3 Å². The van der Waals surface area contributed by atoms with Crippen LogP contribution in [0.2, 0.25) is 0 Å². The maximum atomic E-state index is 13.9. The molecule has 0 unspecified atom stereocenters. The first-order valence-corrected chi connectivity index (χ1v) is 11.2. The van der Waals surface area contributed by atoms with E-state index in [-0.39, 0.29) is 12.2 Å². The van der Waals surface area contributed by atoms with Crippen molar-refractivity contribution in [3.8, 4) is 11.8 Å². The molecule has 0 aliphatic rings. The number of benzene rings is 2. The molecule has 0 saturated carbocycles. The molecular weight excluding hydrogens is 441 g/mol. The van der Waals surface area contributed by atoms with Crippen molar-refractivity contribution in [2.75, 3.05) is 5.75 Å². The highest BCUT2D eigenvalue weighted by atomic mass is 32.2. The molecule has 0 bridgehead atoms. The van der Waals surface area contributed by atoms with Crippen LogP contribution in [0.5, 0.6) is 5.75 Å². The lowest BCUT2D eigenvalue weighted by atomic mass is 10.1. The lowest BCUT2D eigenvalue weighted by Gasteiger charge is -2.06. The first-order valence-electron chi connectivity index (χ1n) is 10.2. The Balaban J connectivity index is 1.23. The SMILES string of the molecule is N#Cc1ccc(C=Cc2nc(COc3ccc(SCCCn4ccnn4)cc3)co2)c(F)c1. The van der Waals surface area contributed by atoms with Crippen molar-refractivity contribution in [2.45, 2.75) is 24.5 Å². The second-order valence-electron chi connectivity index (χ2n) is 6.99. The van der Waals surface area contributed by atoms with Gasteiger partial charge in [0.25, 0.3) is 0 Å². The van der Waals surface area contributed by atoms with Crippen molar-refractivity contribution in [2.24, 2.45) is 0 Å². The number of aryl methyl sites for hydroxylation is 1. The number of nitriles is 1. The highest BCUT2D eigenvalue weighted by Crippen LogP contribution is 2.23. The second kappa shape index (κ2) is 11.1. The number of hydrogen-bond donors (Lipinski definition) is 0. The fourth-order valence-electron chi connectivity index (χ4n) is 2.92. The van der Waals surface area contributed by atoms with Gasteiger partial charge in [0.05, 0.1) is 17.8 Å². The van der Waals surface area contributed by atoms with Crippen LogP contribution in [0.1, 0.15) is 29.1 Å². The van der Waals surface area contributed by atoms with Gasteiger partial charge in [0.1, 0.15) is 30.1 Å². The molecular formula is C24H20FN5O2S. The molecule has 0 spiro atoms. The van der Waals surface area contributed by atoms with Crippen LogP contribution in [0.25, 0.3) is 12.2 Å². The van der Waals surface area contributed by atoms with E-state index in [1.807, 2.05) is 41.2 Å². The van der Waals surface area contributed by atoms with Gasteiger partial charge in [-0.05, 0) is 54.6 Å². The zero-order chi connectivity index (χ0) is 22.9. The summed E-state index contributed by atoms with van der Waals surface area (Å²) in [4.78, 5) is 5.49. The summed E-state index contributed by atoms with van der Waals surface area (Å²) in [5.74, 6) is 1.59. The highest BCUT2D eigenvalue weighted by Gasteiger charge is 2.05. The van der Waals surface area contributed by atoms with Gasteiger partial charge in [-0.15, -0.1) is 16.9 Å². The number of hydrogen-bond acceptors (Lipinski definition) is 7. The molecule has 7 nitrogen and oxygen atoms in total. The van der Waals surface area contributed by atoms with Gasteiger partial charge in [-0.25, -0.2) is 9.37 Å². The van der Waals surface area contributed by atoms with Crippen LogP contribution in [0.4, 0.5) is 4.39 Å². The summed E-state index contributed by atoms with van der Waals surface area (Å²) in [5, 5.41) is 16.6. The number of thioether (sulfide) groups is 1. The number of aromatic nitrogens is 4. The quantitative estimate of drug-likeness (QED) is 0.237. The third-order valence-corrected chi connectivity index (χ3v) is 5.69. The van der Waals surface area contributed by atoms with E-state index >= 15 is 0 Å². The summed E-state index contributed by atoms with van der Waals surface area (Å²) in [5.41, 5.74) is 1.25. The first-order chi connectivity index (χ1) is 16.2. The lowest BCUT2D eigenvalue weighted by molar-refractivity contribution is 0.301. The van der Waals surface area contributed by atoms with E-state index in [0.717, 1.165) is 24.5 Å². The topological polar surface area (TPSA) is 89.8 Å². The van der Waals surface area contributed by atoms with E-state index in [0.29, 0.717) is 17.1 Å². The average molecular weight is 462 g/mol. The van der Waals surface area contributed by atoms with Crippen LogP contribution in [0.3, 0.4) is 0 Å². The van der Waals surface area contributed by atoms with Crippen LogP contribution in [-0.2, 0) is 13.2 Å². The maximum Gasteiger partial charge on any atom is 0.218 e. The van der Waals surface area contributed by atoms with Gasteiger partial charge >= 0.3 is 0 Å². The van der Waals surface area contributed by atoms with Crippen molar-refractivity contribution in [3.63, 3.8) is 0 Å². The number of ether oxygens (including phenoxy) is 1. The van der Waals surface area contributed by atoms with Gasteiger partial charge < -0.3 is 9.15 Å². The van der Waals surface area contributed by atoms with Crippen LogP contribution < -0.4 is 4.74 Å². The normalized spacial score (nSPS) is 11.0. The molecule has 166 valence electrons. The molecule has 0 radical (unpaired) electrons. The lowest BCUT2D eigenvalue weighted by Crippen LogP contribution is -1.99. The molecule has 0 saturated heterocycles. The Kier molecular flexibility index (Phi) is 7.51. The Labute approximate surface area is 194 Å². The van der Waals surface area contributed by atoms with Crippen molar-refractivity contribution in [1.82, 2.24) is 20.0 Å². The zero-order valence-corrected chi connectivity index (χ0v) is 18.4. The van der Waals surface area contributed by atoms with Gasteiger partial charge in [-0.1, -0.05) is 11.3 Å². The average Bonchev–Trinajstić information content (AvgIpc) is 3.52. The molecule has 4 aromatic rings. The van der Waals surface area contributed by atoms with E-state index in [4.69, 9.17) is 14.4 Å². The van der Waals surface area contributed by atoms with Gasteiger partial charge in [-0.2, -0.15) is 5.26 Å². The molecule has 0 aliphatic heterocycles. The molecule has 0 atom stereocenters. The number of halogens is 1. The zero-order valence-electron chi connectivity index (χ0n) is 17.6. The van der Waals surface area contributed by atoms with E-state index < -0.39 is 5.82 Å². The second-order valence-corrected chi connectivity index (χ2v) is 8.16. The Morgan fingerprint density at radius 1 is 1.18 bits per heavy atom. The third kappa shape index (κ3) is 6.54. The Morgan fingerprint density at radius 2 is 2.06 bits per heavy atom. The summed E-state index contributed by atoms with van der Waals surface area (Å²) >= 11 is 1.78. The van der Waals surface area contributed by atoms with E-state index in [9.17, 15) is 4.39 Å². The third-order valence-electron chi connectivity index (χ3n) is 4.59. The number of oxazole rings is 1. The maximum absolute atomic E-state index is 13.9. The largest absolute Gasteiger partial charge is 0.487 e. The molecule has 0 fully saturated rings. The molecule has 0 N–H and O–H groups in total. The van der Waals surface area contributed by atoms with Gasteiger partial charge in [0.2, 0.25) is 5.89 Å². The van der Waals surface area contributed by atoms with Crippen LogP contribution in [0, 0.1) is 17.1 Å². The minimum atomic E-state index is -0.475. The van der Waals surface area contributed by atoms with Crippen molar-refractivity contribution >= 4 is 23.9 Å². The molecule has 2 aromatic heterocycles. The minimum Gasteiger partial charge on any atom is -0.487 e. The smallest absolute Gasteiger partial charge is 0.218 e. The number of rotatable bonds is 10. The van der Waals surface area contributed by atoms with Crippen molar-refractivity contribution in [3.05, 3.63) is 89.7 Å². The number of nitrogens with zero attached hydrogens (tertiary/aromatic N) is 5. The van der Waals surface area contributed by atoms with Gasteiger partial charge in [-0.3, -0.25) is 4.68 Å². The minimum absolute atomic E-state index is 0.257. The van der Waals surface area contributed by atoms with Crippen LogP contribution in [0.15, 0.2) is 70.4 Å². The van der Waals surface area contributed by atoms with Crippen LogP contribution in [-0.4, -0.2) is 25.7 Å². The van der Waals surface area contributed by atoms with Gasteiger partial charge in [0, 0.05) is 29.3 Å². The van der Waals surface area contributed by atoms with E-state index in [1.54, 1.807) is 36.2 Å².